The smallest absolute Gasteiger partial charge is 0.223 e. The zero-order valence-corrected chi connectivity index (χ0v) is 15.5. The predicted octanol–water partition coefficient (Wildman–Crippen LogP) is 0.679. The van der Waals surface area contributed by atoms with Gasteiger partial charge in [0.25, 0.3) is 0 Å². The van der Waals surface area contributed by atoms with Crippen LogP contribution in [0.4, 0.5) is 0 Å². The van der Waals surface area contributed by atoms with E-state index in [-0.39, 0.29) is 11.8 Å². The average molecular weight is 349 g/mol. The van der Waals surface area contributed by atoms with Crippen molar-refractivity contribution in [2.45, 2.75) is 45.7 Å². The highest BCUT2D eigenvalue weighted by Gasteiger charge is 2.31. The Bertz CT molecular complexity index is 582. The molecule has 0 radical (unpaired) electrons. The minimum absolute atomic E-state index is 0.129. The molecule has 7 nitrogen and oxygen atoms in total. The highest BCUT2D eigenvalue weighted by molar-refractivity contribution is 5.77. The molecule has 25 heavy (non-hydrogen) atoms. The van der Waals surface area contributed by atoms with E-state index in [9.17, 15) is 4.79 Å². The molecule has 1 aromatic heterocycles. The Kier molecular flexibility index (Phi) is 6.09. The van der Waals surface area contributed by atoms with E-state index >= 15 is 0 Å². The van der Waals surface area contributed by atoms with Crippen molar-refractivity contribution < 1.29 is 9.53 Å². The van der Waals surface area contributed by atoms with Crippen LogP contribution in [0.15, 0.2) is 0 Å². The van der Waals surface area contributed by atoms with E-state index in [1.165, 1.54) is 0 Å². The summed E-state index contributed by atoms with van der Waals surface area (Å²) in [5, 5.41) is 0. The molecule has 0 unspecified atom stereocenters. The fourth-order valence-electron chi connectivity index (χ4n) is 3.91. The van der Waals surface area contributed by atoms with Gasteiger partial charge in [0.2, 0.25) is 5.91 Å². The summed E-state index contributed by atoms with van der Waals surface area (Å²) in [7, 11) is 0. The molecule has 2 aliphatic rings. The van der Waals surface area contributed by atoms with Crippen molar-refractivity contribution in [1.29, 1.82) is 0 Å². The van der Waals surface area contributed by atoms with Crippen molar-refractivity contribution in [1.82, 2.24) is 19.8 Å². The molecule has 2 aliphatic heterocycles. The summed E-state index contributed by atoms with van der Waals surface area (Å²) >= 11 is 0. The number of nitrogens with two attached hydrogens (primary N) is 1. The van der Waals surface area contributed by atoms with Gasteiger partial charge in [-0.3, -0.25) is 14.6 Å². The molecule has 140 valence electrons. The minimum atomic E-state index is -0.197. The van der Waals surface area contributed by atoms with Crippen LogP contribution in [0.2, 0.25) is 0 Å². The number of aromatic nitrogens is 2. The third-order valence-corrected chi connectivity index (χ3v) is 5.49. The largest absolute Gasteiger partial charge is 0.381 e. The van der Waals surface area contributed by atoms with Crippen LogP contribution in [0, 0.1) is 12.8 Å². The molecule has 1 aromatic rings. The average Bonchev–Trinajstić information content (AvgIpc) is 2.83. The number of amides is 1. The van der Waals surface area contributed by atoms with E-state index in [1.54, 1.807) is 0 Å². The number of H-pyrrole nitrogens is 1. The van der Waals surface area contributed by atoms with Crippen LogP contribution in [-0.4, -0.2) is 71.1 Å². The number of primary amides is 1. The van der Waals surface area contributed by atoms with Crippen LogP contribution in [0.5, 0.6) is 0 Å². The molecule has 1 amide bonds. The van der Waals surface area contributed by atoms with Crippen molar-refractivity contribution in [3.05, 3.63) is 17.2 Å². The highest BCUT2D eigenvalue weighted by atomic mass is 16.5. The van der Waals surface area contributed by atoms with E-state index in [0.717, 1.165) is 75.9 Å². The Morgan fingerprint density at radius 3 is 2.72 bits per heavy atom. The van der Waals surface area contributed by atoms with Crippen LogP contribution in [0.3, 0.4) is 0 Å². The van der Waals surface area contributed by atoms with Gasteiger partial charge >= 0.3 is 0 Å². The molecule has 0 aromatic carbocycles. The number of aromatic amines is 1. The predicted molar refractivity (Wildman–Crippen MR) is 96.1 cm³/mol. The maximum Gasteiger partial charge on any atom is 0.223 e. The minimum Gasteiger partial charge on any atom is -0.381 e. The van der Waals surface area contributed by atoms with Gasteiger partial charge in [0.1, 0.15) is 5.82 Å². The van der Waals surface area contributed by atoms with Crippen molar-refractivity contribution in [3.8, 4) is 0 Å². The first-order chi connectivity index (χ1) is 12.1. The number of carbonyl (C=O) groups excluding carboxylic acids is 1. The second-order valence-electron chi connectivity index (χ2n) is 7.28. The molecule has 0 bridgehead atoms. The van der Waals surface area contributed by atoms with E-state index in [4.69, 9.17) is 10.5 Å². The fourth-order valence-corrected chi connectivity index (χ4v) is 3.91. The number of nitrogens with zero attached hydrogens (tertiary/aromatic N) is 3. The lowest BCUT2D eigenvalue weighted by molar-refractivity contribution is -0.122. The third-order valence-electron chi connectivity index (χ3n) is 5.49. The van der Waals surface area contributed by atoms with Crippen LogP contribution in [0.1, 0.15) is 37.0 Å². The zero-order valence-electron chi connectivity index (χ0n) is 15.5. The van der Waals surface area contributed by atoms with Gasteiger partial charge in [-0.1, -0.05) is 6.92 Å². The van der Waals surface area contributed by atoms with Gasteiger partial charge in [0.05, 0.1) is 11.6 Å². The van der Waals surface area contributed by atoms with Gasteiger partial charge in [0, 0.05) is 64.1 Å². The molecule has 0 saturated carbocycles. The maximum absolute atomic E-state index is 12.0. The Balaban J connectivity index is 1.68. The van der Waals surface area contributed by atoms with E-state index in [2.05, 4.69) is 33.6 Å². The summed E-state index contributed by atoms with van der Waals surface area (Å²) in [5.74, 6) is 0.699. The molecule has 2 saturated heterocycles. The Hall–Kier alpha value is -1.44. The summed E-state index contributed by atoms with van der Waals surface area (Å²) in [6, 6.07) is 0.509. The molecule has 3 heterocycles. The van der Waals surface area contributed by atoms with Crippen LogP contribution < -0.4 is 5.73 Å². The molecule has 0 aliphatic carbocycles. The van der Waals surface area contributed by atoms with Crippen molar-refractivity contribution in [2.24, 2.45) is 11.7 Å². The number of nitrogens with one attached hydrogen (secondary N) is 1. The number of hydrogen-bond donors (Lipinski definition) is 2. The van der Waals surface area contributed by atoms with Gasteiger partial charge in [-0.05, 0) is 19.8 Å². The van der Waals surface area contributed by atoms with Crippen molar-refractivity contribution in [2.75, 3.05) is 39.4 Å². The van der Waals surface area contributed by atoms with Gasteiger partial charge < -0.3 is 15.5 Å². The van der Waals surface area contributed by atoms with Crippen molar-refractivity contribution >= 4 is 5.91 Å². The highest BCUT2D eigenvalue weighted by Crippen LogP contribution is 2.20. The number of imidazole rings is 1. The lowest BCUT2D eigenvalue weighted by Crippen LogP contribution is -2.44. The molecule has 7 heteroatoms. The Labute approximate surface area is 149 Å². The monoisotopic (exact) mass is 349 g/mol. The topological polar surface area (TPSA) is 87.5 Å². The molecule has 0 spiro atoms. The van der Waals surface area contributed by atoms with Crippen molar-refractivity contribution in [3.63, 3.8) is 0 Å². The summed E-state index contributed by atoms with van der Waals surface area (Å²) in [4.78, 5) is 24.8. The molecule has 2 fully saturated rings. The number of hydrogen-bond acceptors (Lipinski definition) is 5. The summed E-state index contributed by atoms with van der Waals surface area (Å²) in [5.41, 5.74) is 7.91. The quantitative estimate of drug-likeness (QED) is 0.816. The first-order valence-corrected chi connectivity index (χ1v) is 9.44. The standard InChI is InChI=1S/C18H31N5O2/c1-3-17-20-13(2)16(21-17)12-22-6-7-23(11-14(10-22)18(19)24)15-4-8-25-9-5-15/h14-15H,3-12H2,1-2H3,(H2,19,24)(H,20,21)/t14-/m1/s1. The second kappa shape index (κ2) is 8.29. The van der Waals surface area contributed by atoms with E-state index in [0.29, 0.717) is 12.6 Å². The van der Waals surface area contributed by atoms with Crippen LogP contribution >= 0.6 is 0 Å². The first kappa shape index (κ1) is 18.4. The zero-order chi connectivity index (χ0) is 17.8. The Morgan fingerprint density at radius 2 is 2.08 bits per heavy atom. The first-order valence-electron chi connectivity index (χ1n) is 9.44. The molecule has 3 N–H and O–H groups in total. The van der Waals surface area contributed by atoms with Gasteiger partial charge in [-0.25, -0.2) is 4.98 Å². The summed E-state index contributed by atoms with van der Waals surface area (Å²) < 4.78 is 5.48. The summed E-state index contributed by atoms with van der Waals surface area (Å²) in [6.45, 7) is 9.96. The fraction of sp³-hybridized carbons (Fsp3) is 0.778. The van der Waals surface area contributed by atoms with E-state index in [1.807, 2.05) is 0 Å². The van der Waals surface area contributed by atoms with E-state index < -0.39 is 0 Å². The van der Waals surface area contributed by atoms with Gasteiger partial charge in [-0.2, -0.15) is 0 Å². The molecule has 1 atom stereocenters. The molecular weight excluding hydrogens is 318 g/mol. The third kappa shape index (κ3) is 4.59. The molecule has 3 rings (SSSR count). The van der Waals surface area contributed by atoms with Gasteiger partial charge in [0.15, 0.2) is 0 Å². The normalized spacial score (nSPS) is 24.3. The van der Waals surface area contributed by atoms with Gasteiger partial charge in [-0.15, -0.1) is 0 Å². The summed E-state index contributed by atoms with van der Waals surface area (Å²) in [6.07, 6.45) is 3.00. The number of rotatable bonds is 5. The number of carbonyl (C=O) groups is 1. The number of aryl methyl sites for hydroxylation is 2. The molecular formula is C18H31N5O2. The Morgan fingerprint density at radius 1 is 1.32 bits per heavy atom. The SMILES string of the molecule is CCc1nc(CN2CCN(C3CCOCC3)C[C@H](C(N)=O)C2)c(C)[nH]1. The number of ether oxygens (including phenoxy) is 1. The second-order valence-corrected chi connectivity index (χ2v) is 7.28. The lowest BCUT2D eigenvalue weighted by atomic mass is 10.0. The van der Waals surface area contributed by atoms with Crippen LogP contribution in [-0.2, 0) is 22.5 Å². The maximum atomic E-state index is 12.0. The van der Waals surface area contributed by atoms with Crippen LogP contribution in [0.25, 0.3) is 0 Å². The lowest BCUT2D eigenvalue weighted by Gasteiger charge is -2.34.